The van der Waals surface area contributed by atoms with Crippen molar-refractivity contribution in [1.29, 1.82) is 0 Å². The molecule has 4 nitrogen and oxygen atoms in total. The van der Waals surface area contributed by atoms with Gasteiger partial charge in [0.2, 0.25) is 0 Å². The molecular formula is C16H17BrO4S. The molecule has 0 spiro atoms. The number of hydrogen-bond acceptors (Lipinski definition) is 4. The molecule has 0 aliphatic heterocycles. The van der Waals surface area contributed by atoms with Gasteiger partial charge in [-0.05, 0) is 36.8 Å². The van der Waals surface area contributed by atoms with E-state index < -0.39 is 10.1 Å². The molecule has 0 unspecified atom stereocenters. The number of ether oxygens (including phenoxy) is 1. The molecule has 0 saturated heterocycles. The van der Waals surface area contributed by atoms with Crippen LogP contribution in [-0.2, 0) is 19.6 Å². The molecule has 2 aromatic carbocycles. The van der Waals surface area contributed by atoms with Crippen LogP contribution in [-0.4, -0.2) is 21.6 Å². The van der Waals surface area contributed by atoms with E-state index in [4.69, 9.17) is 8.92 Å². The summed E-state index contributed by atoms with van der Waals surface area (Å²) in [4.78, 5) is 0.153. The Kier molecular flexibility index (Phi) is 5.99. The Morgan fingerprint density at radius 3 is 2.18 bits per heavy atom. The highest BCUT2D eigenvalue weighted by molar-refractivity contribution is 9.08. The lowest BCUT2D eigenvalue weighted by Crippen LogP contribution is -2.13. The smallest absolute Gasteiger partial charge is 0.297 e. The Bertz CT molecular complexity index is 694. The van der Waals surface area contributed by atoms with Crippen molar-refractivity contribution in [3.8, 4) is 5.75 Å². The lowest BCUT2D eigenvalue weighted by Gasteiger charge is -2.08. The van der Waals surface area contributed by atoms with E-state index in [2.05, 4.69) is 15.9 Å². The maximum Gasteiger partial charge on any atom is 0.297 e. The number of aryl methyl sites for hydroxylation is 1. The van der Waals surface area contributed by atoms with Crippen LogP contribution in [0.2, 0.25) is 0 Å². The van der Waals surface area contributed by atoms with Crippen molar-refractivity contribution in [2.24, 2.45) is 0 Å². The second-order valence-electron chi connectivity index (χ2n) is 4.72. The minimum atomic E-state index is -3.73. The molecule has 22 heavy (non-hydrogen) atoms. The topological polar surface area (TPSA) is 52.6 Å². The Morgan fingerprint density at radius 2 is 1.59 bits per heavy atom. The van der Waals surface area contributed by atoms with Gasteiger partial charge in [-0.15, -0.1) is 0 Å². The van der Waals surface area contributed by atoms with Gasteiger partial charge >= 0.3 is 0 Å². The van der Waals surface area contributed by atoms with Crippen molar-refractivity contribution in [2.75, 3.05) is 13.2 Å². The van der Waals surface area contributed by atoms with Crippen molar-refractivity contribution in [3.05, 3.63) is 59.7 Å². The lowest BCUT2D eigenvalue weighted by atomic mass is 10.2. The van der Waals surface area contributed by atoms with Gasteiger partial charge in [0.15, 0.2) is 0 Å². The maximum atomic E-state index is 12.0. The molecule has 0 radical (unpaired) electrons. The van der Waals surface area contributed by atoms with Crippen LogP contribution in [0.4, 0.5) is 0 Å². The Morgan fingerprint density at radius 1 is 0.955 bits per heavy atom. The minimum Gasteiger partial charge on any atom is -0.491 e. The van der Waals surface area contributed by atoms with Gasteiger partial charge in [0.1, 0.15) is 19.0 Å². The van der Waals surface area contributed by atoms with Gasteiger partial charge in [-0.1, -0.05) is 45.8 Å². The molecule has 2 rings (SSSR count). The first-order valence-electron chi connectivity index (χ1n) is 6.75. The summed E-state index contributed by atoms with van der Waals surface area (Å²) in [6, 6.07) is 14.1. The zero-order chi connectivity index (χ0) is 16.0. The van der Waals surface area contributed by atoms with Gasteiger partial charge in [0, 0.05) is 5.33 Å². The molecule has 0 fully saturated rings. The predicted molar refractivity (Wildman–Crippen MR) is 88.9 cm³/mol. The van der Waals surface area contributed by atoms with E-state index in [-0.39, 0.29) is 18.1 Å². The van der Waals surface area contributed by atoms with Gasteiger partial charge in [0.05, 0.1) is 4.90 Å². The molecule has 118 valence electrons. The number of halogens is 1. The van der Waals surface area contributed by atoms with Gasteiger partial charge in [-0.25, -0.2) is 0 Å². The van der Waals surface area contributed by atoms with Crippen LogP contribution >= 0.6 is 15.9 Å². The molecule has 2 aromatic rings. The van der Waals surface area contributed by atoms with Crippen molar-refractivity contribution >= 4 is 26.0 Å². The van der Waals surface area contributed by atoms with Crippen LogP contribution in [0.5, 0.6) is 5.75 Å². The van der Waals surface area contributed by atoms with E-state index in [9.17, 15) is 8.42 Å². The first-order chi connectivity index (χ1) is 10.5. The zero-order valence-corrected chi connectivity index (χ0v) is 14.6. The minimum absolute atomic E-state index is 0.0313. The second kappa shape index (κ2) is 7.76. The van der Waals surface area contributed by atoms with E-state index in [0.29, 0.717) is 5.75 Å². The van der Waals surface area contributed by atoms with E-state index in [1.54, 1.807) is 12.1 Å². The molecule has 0 aromatic heterocycles. The third-order valence-electron chi connectivity index (χ3n) is 2.98. The zero-order valence-electron chi connectivity index (χ0n) is 12.2. The first kappa shape index (κ1) is 17.0. The summed E-state index contributed by atoms with van der Waals surface area (Å²) >= 11 is 3.37. The highest BCUT2D eigenvalue weighted by atomic mass is 79.9. The largest absolute Gasteiger partial charge is 0.491 e. The van der Waals surface area contributed by atoms with Crippen LogP contribution < -0.4 is 4.74 Å². The van der Waals surface area contributed by atoms with E-state index in [1.807, 2.05) is 31.2 Å². The summed E-state index contributed by atoms with van der Waals surface area (Å²) in [6.45, 7) is 2.03. The molecule has 0 aliphatic rings. The Hall–Kier alpha value is -1.37. The SMILES string of the molecule is Cc1ccc(S(=O)(=O)OCCOc2ccc(CBr)cc2)cc1. The van der Waals surface area contributed by atoms with E-state index in [1.165, 1.54) is 12.1 Å². The molecule has 6 heteroatoms. The molecule has 0 amide bonds. The predicted octanol–water partition coefficient (Wildman–Crippen LogP) is 3.67. The summed E-state index contributed by atoms with van der Waals surface area (Å²) in [5.74, 6) is 0.682. The molecule has 0 N–H and O–H groups in total. The van der Waals surface area contributed by atoms with Crippen molar-refractivity contribution in [1.82, 2.24) is 0 Å². The van der Waals surface area contributed by atoms with Crippen LogP contribution in [0.15, 0.2) is 53.4 Å². The van der Waals surface area contributed by atoms with Gasteiger partial charge in [-0.3, -0.25) is 4.18 Å². The summed E-state index contributed by atoms with van der Waals surface area (Å²) in [5, 5.41) is 0.783. The van der Waals surface area contributed by atoms with Crippen molar-refractivity contribution < 1.29 is 17.3 Å². The molecule has 0 heterocycles. The average molecular weight is 385 g/mol. The second-order valence-corrected chi connectivity index (χ2v) is 6.89. The molecule has 0 bridgehead atoms. The molecular weight excluding hydrogens is 368 g/mol. The van der Waals surface area contributed by atoms with E-state index >= 15 is 0 Å². The van der Waals surface area contributed by atoms with E-state index in [0.717, 1.165) is 16.5 Å². The van der Waals surface area contributed by atoms with Gasteiger partial charge in [0.25, 0.3) is 10.1 Å². The fourth-order valence-electron chi connectivity index (χ4n) is 1.75. The number of hydrogen-bond donors (Lipinski definition) is 0. The fourth-order valence-corrected chi connectivity index (χ4v) is 3.02. The van der Waals surface area contributed by atoms with Crippen LogP contribution in [0.3, 0.4) is 0 Å². The normalized spacial score (nSPS) is 11.4. The Balaban J connectivity index is 1.83. The van der Waals surface area contributed by atoms with Gasteiger partial charge < -0.3 is 4.74 Å². The number of benzene rings is 2. The molecule has 0 aliphatic carbocycles. The van der Waals surface area contributed by atoms with Crippen LogP contribution in [0.25, 0.3) is 0 Å². The molecule has 0 saturated carbocycles. The monoisotopic (exact) mass is 384 g/mol. The quantitative estimate of drug-likeness (QED) is 0.415. The highest BCUT2D eigenvalue weighted by Gasteiger charge is 2.14. The van der Waals surface area contributed by atoms with Gasteiger partial charge in [-0.2, -0.15) is 8.42 Å². The van der Waals surface area contributed by atoms with Crippen molar-refractivity contribution in [2.45, 2.75) is 17.1 Å². The first-order valence-corrected chi connectivity index (χ1v) is 9.28. The van der Waals surface area contributed by atoms with Crippen molar-refractivity contribution in [3.63, 3.8) is 0 Å². The third kappa shape index (κ3) is 4.83. The fraction of sp³-hybridized carbons (Fsp3) is 0.250. The highest BCUT2D eigenvalue weighted by Crippen LogP contribution is 2.15. The number of alkyl halides is 1. The molecule has 0 atom stereocenters. The summed E-state index contributed by atoms with van der Waals surface area (Å²) in [6.07, 6.45) is 0. The Labute approximate surface area is 139 Å². The number of rotatable bonds is 7. The summed E-state index contributed by atoms with van der Waals surface area (Å²) in [5.41, 5.74) is 2.14. The van der Waals surface area contributed by atoms with Crippen LogP contribution in [0, 0.1) is 6.92 Å². The van der Waals surface area contributed by atoms with Crippen LogP contribution in [0.1, 0.15) is 11.1 Å². The third-order valence-corrected chi connectivity index (χ3v) is 4.95. The summed E-state index contributed by atoms with van der Waals surface area (Å²) < 4.78 is 34.3. The maximum absolute atomic E-state index is 12.0. The summed E-state index contributed by atoms with van der Waals surface area (Å²) in [7, 11) is -3.73. The average Bonchev–Trinajstić information content (AvgIpc) is 2.52. The lowest BCUT2D eigenvalue weighted by molar-refractivity contribution is 0.221. The standard InChI is InChI=1S/C16H17BrO4S/c1-13-2-8-16(9-3-13)22(18,19)21-11-10-20-15-6-4-14(12-17)5-7-15/h2-9H,10-12H2,1H3.